The molecular weight excluding hydrogens is 454 g/mol. The molecule has 0 fully saturated rings. The number of nitrogens with one attached hydrogen (secondary N) is 1. The van der Waals surface area contributed by atoms with Crippen LogP contribution in [0.25, 0.3) is 17.0 Å². The van der Waals surface area contributed by atoms with E-state index >= 15 is 0 Å². The minimum absolute atomic E-state index is 0.0363. The average Bonchev–Trinajstić information content (AvgIpc) is 2.77. The van der Waals surface area contributed by atoms with Crippen molar-refractivity contribution < 1.29 is 22.7 Å². The Hall–Kier alpha value is -3.27. The van der Waals surface area contributed by atoms with Gasteiger partial charge in [-0.25, -0.2) is 17.5 Å². The molecule has 0 atom stereocenters. The van der Waals surface area contributed by atoms with E-state index in [0.717, 1.165) is 20.8 Å². The number of aromatic nitrogens is 1. The van der Waals surface area contributed by atoms with Gasteiger partial charge in [0.25, 0.3) is 5.91 Å². The fraction of sp³-hybridized carbons (Fsp3) is 0.136. The van der Waals surface area contributed by atoms with E-state index < -0.39 is 28.5 Å². The Balaban J connectivity index is 1.62. The highest BCUT2D eigenvalue weighted by atomic mass is 35.5. The highest BCUT2D eigenvalue weighted by Crippen LogP contribution is 2.26. The number of fused-ring (bicyclic) bond motifs is 1. The van der Waals surface area contributed by atoms with Crippen LogP contribution in [0.15, 0.2) is 65.7 Å². The summed E-state index contributed by atoms with van der Waals surface area (Å²) in [6.07, 6.45) is 4.42. The Bertz CT molecular complexity index is 1300. The smallest absolute Gasteiger partial charge is 0.331 e. The van der Waals surface area contributed by atoms with Gasteiger partial charge in [0, 0.05) is 37.3 Å². The maximum Gasteiger partial charge on any atom is 0.331 e. The van der Waals surface area contributed by atoms with Gasteiger partial charge in [0.2, 0.25) is 10.0 Å². The second-order valence-electron chi connectivity index (χ2n) is 6.84. The first kappa shape index (κ1) is 23.4. The summed E-state index contributed by atoms with van der Waals surface area (Å²) in [5.41, 5.74) is 1.56. The number of halogens is 1. The summed E-state index contributed by atoms with van der Waals surface area (Å²) in [6, 6.07) is 13.2. The van der Waals surface area contributed by atoms with Crippen molar-refractivity contribution in [3.63, 3.8) is 0 Å². The van der Waals surface area contributed by atoms with Crippen molar-refractivity contribution in [3.8, 4) is 0 Å². The highest BCUT2D eigenvalue weighted by Gasteiger charge is 2.19. The van der Waals surface area contributed by atoms with Crippen LogP contribution in [0.5, 0.6) is 0 Å². The number of hydrogen-bond donors (Lipinski definition) is 1. The molecule has 0 bridgehead atoms. The SMILES string of the molecule is CN(C)S(=O)(=O)c1ccc(Cl)c(NC(=O)COC(=O)/C=C/c2cccc3cccnc23)c1. The van der Waals surface area contributed by atoms with Gasteiger partial charge in [-0.3, -0.25) is 9.78 Å². The highest BCUT2D eigenvalue weighted by molar-refractivity contribution is 7.89. The number of nitrogens with zero attached hydrogens (tertiary/aromatic N) is 2. The van der Waals surface area contributed by atoms with E-state index in [1.54, 1.807) is 12.3 Å². The minimum Gasteiger partial charge on any atom is -0.452 e. The van der Waals surface area contributed by atoms with Crippen molar-refractivity contribution in [2.45, 2.75) is 4.90 Å². The number of anilines is 1. The Kier molecular flexibility index (Phi) is 7.24. The van der Waals surface area contributed by atoms with Crippen LogP contribution in [-0.2, 0) is 24.3 Å². The molecule has 166 valence electrons. The predicted molar refractivity (Wildman–Crippen MR) is 123 cm³/mol. The molecule has 0 radical (unpaired) electrons. The number of hydrogen-bond acceptors (Lipinski definition) is 6. The van der Waals surface area contributed by atoms with Crippen LogP contribution in [0.4, 0.5) is 5.69 Å². The lowest BCUT2D eigenvalue weighted by atomic mass is 10.1. The number of amides is 1. The molecule has 1 heterocycles. The topological polar surface area (TPSA) is 106 Å². The van der Waals surface area contributed by atoms with Crippen LogP contribution in [0.2, 0.25) is 5.02 Å². The molecule has 1 aromatic heterocycles. The van der Waals surface area contributed by atoms with Gasteiger partial charge >= 0.3 is 5.97 Å². The standard InChI is InChI=1S/C22H20ClN3O5S/c1-26(2)32(29,30)17-9-10-18(23)19(13-17)25-20(27)14-31-21(28)11-8-16-6-3-5-15-7-4-12-24-22(15)16/h3-13H,14H2,1-2H3,(H,25,27)/b11-8+. The molecule has 3 aromatic rings. The first-order chi connectivity index (χ1) is 15.2. The number of carbonyl (C=O) groups excluding carboxylic acids is 2. The fourth-order valence-corrected chi connectivity index (χ4v) is 3.86. The summed E-state index contributed by atoms with van der Waals surface area (Å²) in [4.78, 5) is 28.5. The van der Waals surface area contributed by atoms with Crippen molar-refractivity contribution in [1.82, 2.24) is 9.29 Å². The molecule has 0 aliphatic heterocycles. The minimum atomic E-state index is -3.70. The molecule has 0 spiro atoms. The molecule has 0 aliphatic rings. The largest absolute Gasteiger partial charge is 0.452 e. The normalized spacial score (nSPS) is 11.8. The summed E-state index contributed by atoms with van der Waals surface area (Å²) in [5.74, 6) is -1.39. The van der Waals surface area contributed by atoms with Gasteiger partial charge in [-0.2, -0.15) is 0 Å². The van der Waals surface area contributed by atoms with Crippen LogP contribution in [0.3, 0.4) is 0 Å². The molecule has 1 N–H and O–H groups in total. The molecule has 0 aliphatic carbocycles. The number of carbonyl (C=O) groups is 2. The molecule has 1 amide bonds. The first-order valence-electron chi connectivity index (χ1n) is 9.39. The zero-order valence-corrected chi connectivity index (χ0v) is 18.9. The average molecular weight is 474 g/mol. The van der Waals surface area contributed by atoms with Crippen molar-refractivity contribution in [1.29, 1.82) is 0 Å². The second-order valence-corrected chi connectivity index (χ2v) is 9.40. The van der Waals surface area contributed by atoms with Gasteiger partial charge in [-0.1, -0.05) is 35.9 Å². The number of sulfonamides is 1. The van der Waals surface area contributed by atoms with Crippen LogP contribution < -0.4 is 5.32 Å². The van der Waals surface area contributed by atoms with Gasteiger partial charge in [-0.15, -0.1) is 0 Å². The second kappa shape index (κ2) is 9.90. The van der Waals surface area contributed by atoms with E-state index in [9.17, 15) is 18.0 Å². The quantitative estimate of drug-likeness (QED) is 0.416. The number of pyridine rings is 1. The lowest BCUT2D eigenvalue weighted by Crippen LogP contribution is -2.23. The third-order valence-corrected chi connectivity index (χ3v) is 6.54. The molecule has 8 nitrogen and oxygen atoms in total. The Morgan fingerprint density at radius 2 is 1.91 bits per heavy atom. The van der Waals surface area contributed by atoms with E-state index in [1.165, 1.54) is 38.4 Å². The third kappa shape index (κ3) is 5.50. The van der Waals surface area contributed by atoms with Crippen LogP contribution in [0.1, 0.15) is 5.56 Å². The monoisotopic (exact) mass is 473 g/mol. The van der Waals surface area contributed by atoms with Crippen molar-refractivity contribution in [2.24, 2.45) is 0 Å². The Morgan fingerprint density at radius 1 is 1.16 bits per heavy atom. The predicted octanol–water partition coefficient (Wildman–Crippen LogP) is 3.33. The number of esters is 1. The van der Waals surface area contributed by atoms with Gasteiger partial charge in [0.1, 0.15) is 0 Å². The van der Waals surface area contributed by atoms with Gasteiger partial charge in [-0.05, 0) is 30.3 Å². The number of para-hydroxylation sites is 1. The maximum absolute atomic E-state index is 12.3. The van der Waals surface area contributed by atoms with Gasteiger partial charge in [0.15, 0.2) is 6.61 Å². The van der Waals surface area contributed by atoms with Crippen LogP contribution in [-0.4, -0.2) is 50.3 Å². The zero-order valence-electron chi connectivity index (χ0n) is 17.3. The van der Waals surface area contributed by atoms with E-state index in [0.29, 0.717) is 0 Å². The molecule has 2 aromatic carbocycles. The molecule has 32 heavy (non-hydrogen) atoms. The molecule has 0 saturated carbocycles. The van der Waals surface area contributed by atoms with E-state index in [1.807, 2.05) is 30.3 Å². The summed E-state index contributed by atoms with van der Waals surface area (Å²) >= 11 is 6.05. The lowest BCUT2D eigenvalue weighted by molar-refractivity contribution is -0.142. The van der Waals surface area contributed by atoms with Crippen LogP contribution >= 0.6 is 11.6 Å². The number of ether oxygens (including phenoxy) is 1. The van der Waals surface area contributed by atoms with Crippen molar-refractivity contribution in [2.75, 3.05) is 26.0 Å². The summed E-state index contributed by atoms with van der Waals surface area (Å²) in [7, 11) is -0.919. The Morgan fingerprint density at radius 3 is 2.66 bits per heavy atom. The maximum atomic E-state index is 12.3. The van der Waals surface area contributed by atoms with Gasteiger partial charge < -0.3 is 10.1 Å². The first-order valence-corrected chi connectivity index (χ1v) is 11.2. The van der Waals surface area contributed by atoms with Gasteiger partial charge in [0.05, 0.1) is 21.1 Å². The summed E-state index contributed by atoms with van der Waals surface area (Å²) in [5, 5.41) is 3.52. The molecule has 0 unspecified atom stereocenters. The molecule has 10 heteroatoms. The number of benzene rings is 2. The van der Waals surface area contributed by atoms with E-state index in [4.69, 9.17) is 16.3 Å². The van der Waals surface area contributed by atoms with Crippen molar-refractivity contribution in [3.05, 3.63) is 71.4 Å². The lowest BCUT2D eigenvalue weighted by Gasteiger charge is -2.13. The fourth-order valence-electron chi connectivity index (χ4n) is 2.76. The zero-order chi connectivity index (χ0) is 23.3. The molecule has 0 saturated heterocycles. The number of rotatable bonds is 7. The summed E-state index contributed by atoms with van der Waals surface area (Å²) in [6.45, 7) is -0.571. The summed E-state index contributed by atoms with van der Waals surface area (Å²) < 4.78 is 30.5. The third-order valence-electron chi connectivity index (χ3n) is 4.40. The molecule has 3 rings (SSSR count). The van der Waals surface area contributed by atoms with Crippen LogP contribution in [0, 0.1) is 0 Å². The van der Waals surface area contributed by atoms with E-state index in [2.05, 4.69) is 10.3 Å². The van der Waals surface area contributed by atoms with E-state index in [-0.39, 0.29) is 15.6 Å². The van der Waals surface area contributed by atoms with Crippen molar-refractivity contribution >= 4 is 56.2 Å². The Labute approximate surface area is 190 Å². The molecular formula is C22H20ClN3O5S.